The Kier molecular flexibility index (Phi) is 3.88. The summed E-state index contributed by atoms with van der Waals surface area (Å²) in [7, 11) is 0. The van der Waals surface area contributed by atoms with Gasteiger partial charge in [-0.25, -0.2) is 9.78 Å². The minimum atomic E-state index is -0.970. The first-order valence-electron chi connectivity index (χ1n) is 9.35. The van der Waals surface area contributed by atoms with Crippen molar-refractivity contribution >= 4 is 34.4 Å². The maximum absolute atomic E-state index is 13.4. The molecule has 0 saturated carbocycles. The number of nitrogens with one attached hydrogen (secondary N) is 1. The topological polar surface area (TPSA) is 62.3 Å². The van der Waals surface area contributed by atoms with Gasteiger partial charge in [-0.1, -0.05) is 54.1 Å². The molecule has 1 aliphatic carbocycles. The standard InChI is InChI=1S/C22H18ClN3O2/c23-19-16(12-15-7-2-4-10-18(15)24-19)13-26-20(27)22(25-21(26)28)11-5-8-14-6-1-3-9-17(14)22/h1-4,6-7,9-10,12H,5,8,11,13H2,(H,25,28)/t22-/m0/s1. The molecule has 1 atom stereocenters. The number of benzene rings is 2. The molecule has 1 spiro atoms. The molecule has 0 bridgehead atoms. The van der Waals surface area contributed by atoms with Crippen molar-refractivity contribution in [3.05, 3.63) is 76.4 Å². The molecule has 3 amide bonds. The summed E-state index contributed by atoms with van der Waals surface area (Å²) >= 11 is 6.35. The van der Waals surface area contributed by atoms with Gasteiger partial charge in [-0.15, -0.1) is 0 Å². The van der Waals surface area contributed by atoms with Crippen LogP contribution in [0.25, 0.3) is 10.9 Å². The van der Waals surface area contributed by atoms with E-state index in [0.717, 1.165) is 34.9 Å². The molecule has 140 valence electrons. The second-order valence-corrected chi connectivity index (χ2v) is 7.73. The predicted octanol–water partition coefficient (Wildman–Crippen LogP) is 4.17. The van der Waals surface area contributed by atoms with Gasteiger partial charge in [0.05, 0.1) is 12.1 Å². The van der Waals surface area contributed by atoms with Crippen LogP contribution >= 0.6 is 11.6 Å². The molecule has 1 aromatic heterocycles. The number of aryl methyl sites for hydroxylation is 1. The molecule has 2 aromatic carbocycles. The first kappa shape index (κ1) is 17.2. The lowest BCUT2D eigenvalue weighted by molar-refractivity contribution is -0.132. The Bertz CT molecular complexity index is 1130. The molecule has 2 heterocycles. The van der Waals surface area contributed by atoms with E-state index in [1.165, 1.54) is 4.90 Å². The summed E-state index contributed by atoms with van der Waals surface area (Å²) in [6.07, 6.45) is 2.38. The fourth-order valence-electron chi connectivity index (χ4n) is 4.37. The second kappa shape index (κ2) is 6.31. The predicted molar refractivity (Wildman–Crippen MR) is 107 cm³/mol. The van der Waals surface area contributed by atoms with E-state index >= 15 is 0 Å². The number of hydrogen-bond acceptors (Lipinski definition) is 3. The van der Waals surface area contributed by atoms with E-state index in [9.17, 15) is 9.59 Å². The summed E-state index contributed by atoms with van der Waals surface area (Å²) < 4.78 is 0. The fraction of sp³-hybridized carbons (Fsp3) is 0.227. The molecule has 5 nitrogen and oxygen atoms in total. The maximum Gasteiger partial charge on any atom is 0.325 e. The third-order valence-electron chi connectivity index (χ3n) is 5.73. The average Bonchev–Trinajstić information content (AvgIpc) is 2.93. The molecule has 28 heavy (non-hydrogen) atoms. The molecule has 1 fully saturated rings. The lowest BCUT2D eigenvalue weighted by Crippen LogP contribution is -2.46. The third kappa shape index (κ3) is 2.50. The van der Waals surface area contributed by atoms with Crippen molar-refractivity contribution in [3.63, 3.8) is 0 Å². The summed E-state index contributed by atoms with van der Waals surface area (Å²) in [5.41, 5.74) is 2.50. The molecule has 5 rings (SSSR count). The fourth-order valence-corrected chi connectivity index (χ4v) is 4.58. The zero-order valence-corrected chi connectivity index (χ0v) is 15.9. The number of rotatable bonds is 2. The number of fused-ring (bicyclic) bond motifs is 3. The van der Waals surface area contributed by atoms with Gasteiger partial charge in [0.1, 0.15) is 10.7 Å². The summed E-state index contributed by atoms with van der Waals surface area (Å²) in [6.45, 7) is 0.102. The SMILES string of the molecule is O=C1N[C@]2(CCCc3ccccc32)C(=O)N1Cc1cc2ccccc2nc1Cl. The van der Waals surface area contributed by atoms with Gasteiger partial charge in [-0.05, 0) is 42.5 Å². The van der Waals surface area contributed by atoms with Crippen LogP contribution in [-0.4, -0.2) is 21.8 Å². The van der Waals surface area contributed by atoms with Crippen LogP contribution in [0.3, 0.4) is 0 Å². The van der Waals surface area contributed by atoms with E-state index in [0.29, 0.717) is 17.1 Å². The zero-order valence-electron chi connectivity index (χ0n) is 15.1. The number of carbonyl (C=O) groups excluding carboxylic acids is 2. The van der Waals surface area contributed by atoms with Crippen LogP contribution in [0.4, 0.5) is 4.79 Å². The Balaban J connectivity index is 1.52. The molecule has 6 heteroatoms. The molecule has 0 radical (unpaired) electrons. The number of para-hydroxylation sites is 1. The number of imide groups is 1. The Labute approximate surface area is 167 Å². The van der Waals surface area contributed by atoms with Gasteiger partial charge in [-0.3, -0.25) is 9.69 Å². The summed E-state index contributed by atoms with van der Waals surface area (Å²) in [6, 6.07) is 17.0. The first-order valence-corrected chi connectivity index (χ1v) is 9.73. The number of hydrogen-bond donors (Lipinski definition) is 1. The van der Waals surface area contributed by atoms with Crippen molar-refractivity contribution in [2.24, 2.45) is 0 Å². The van der Waals surface area contributed by atoms with Gasteiger partial charge in [0.25, 0.3) is 5.91 Å². The Hall–Kier alpha value is -2.92. The molecule has 1 N–H and O–H groups in total. The van der Waals surface area contributed by atoms with Gasteiger partial charge in [0.2, 0.25) is 0 Å². The number of urea groups is 1. The van der Waals surface area contributed by atoms with Crippen LogP contribution in [-0.2, 0) is 23.3 Å². The number of nitrogens with zero attached hydrogens (tertiary/aromatic N) is 2. The highest BCUT2D eigenvalue weighted by Crippen LogP contribution is 2.40. The molecule has 3 aromatic rings. The van der Waals surface area contributed by atoms with Crippen LogP contribution in [0, 0.1) is 0 Å². The van der Waals surface area contributed by atoms with Crippen LogP contribution < -0.4 is 5.32 Å². The number of pyridine rings is 1. The van der Waals surface area contributed by atoms with Crippen LogP contribution in [0.15, 0.2) is 54.6 Å². The van der Waals surface area contributed by atoms with Crippen molar-refractivity contribution in [1.82, 2.24) is 15.2 Å². The monoisotopic (exact) mass is 391 g/mol. The lowest BCUT2D eigenvalue weighted by atomic mass is 9.76. The summed E-state index contributed by atoms with van der Waals surface area (Å²) in [5, 5.41) is 4.21. The van der Waals surface area contributed by atoms with Crippen molar-refractivity contribution in [2.75, 3.05) is 0 Å². The molecular formula is C22H18ClN3O2. The van der Waals surface area contributed by atoms with E-state index in [-0.39, 0.29) is 18.5 Å². The van der Waals surface area contributed by atoms with Gasteiger partial charge in [0, 0.05) is 10.9 Å². The highest BCUT2D eigenvalue weighted by atomic mass is 35.5. The van der Waals surface area contributed by atoms with Gasteiger partial charge in [0.15, 0.2) is 0 Å². The zero-order chi connectivity index (χ0) is 19.3. The lowest BCUT2D eigenvalue weighted by Gasteiger charge is -2.33. The summed E-state index contributed by atoms with van der Waals surface area (Å²) in [4.78, 5) is 31.9. The van der Waals surface area contributed by atoms with E-state index < -0.39 is 5.54 Å². The van der Waals surface area contributed by atoms with Crippen molar-refractivity contribution in [2.45, 2.75) is 31.3 Å². The summed E-state index contributed by atoms with van der Waals surface area (Å²) in [5.74, 6) is -0.214. The van der Waals surface area contributed by atoms with E-state index in [1.807, 2.05) is 54.6 Å². The largest absolute Gasteiger partial charge is 0.325 e. The Morgan fingerprint density at radius 2 is 1.89 bits per heavy atom. The van der Waals surface area contributed by atoms with Crippen LogP contribution in [0.1, 0.15) is 29.5 Å². The second-order valence-electron chi connectivity index (χ2n) is 7.37. The molecule has 2 aliphatic rings. The maximum atomic E-state index is 13.4. The van der Waals surface area contributed by atoms with Gasteiger partial charge >= 0.3 is 6.03 Å². The number of amides is 3. The molecule has 0 unspecified atom stereocenters. The minimum absolute atomic E-state index is 0.102. The molecular weight excluding hydrogens is 374 g/mol. The highest BCUT2D eigenvalue weighted by molar-refractivity contribution is 6.30. The average molecular weight is 392 g/mol. The smallest absolute Gasteiger partial charge is 0.319 e. The Morgan fingerprint density at radius 3 is 2.79 bits per heavy atom. The van der Waals surface area contributed by atoms with Gasteiger partial charge < -0.3 is 5.32 Å². The van der Waals surface area contributed by atoms with Crippen LogP contribution in [0.2, 0.25) is 5.15 Å². The van der Waals surface area contributed by atoms with E-state index in [2.05, 4.69) is 10.3 Å². The first-order chi connectivity index (χ1) is 13.6. The van der Waals surface area contributed by atoms with E-state index in [4.69, 9.17) is 11.6 Å². The quantitative estimate of drug-likeness (QED) is 0.526. The Morgan fingerprint density at radius 1 is 1.11 bits per heavy atom. The minimum Gasteiger partial charge on any atom is -0.319 e. The van der Waals surface area contributed by atoms with Crippen LogP contribution in [0.5, 0.6) is 0 Å². The number of carbonyl (C=O) groups is 2. The normalized spacial score (nSPS) is 21.2. The highest BCUT2D eigenvalue weighted by Gasteiger charge is 2.53. The van der Waals surface area contributed by atoms with Crippen molar-refractivity contribution in [1.29, 1.82) is 0 Å². The molecule has 1 saturated heterocycles. The third-order valence-corrected chi connectivity index (χ3v) is 6.06. The van der Waals surface area contributed by atoms with Gasteiger partial charge in [-0.2, -0.15) is 0 Å². The number of halogens is 1. The van der Waals surface area contributed by atoms with Crippen molar-refractivity contribution < 1.29 is 9.59 Å². The van der Waals surface area contributed by atoms with E-state index in [1.54, 1.807) is 0 Å². The number of aromatic nitrogens is 1. The molecule has 1 aliphatic heterocycles. The van der Waals surface area contributed by atoms with Crippen molar-refractivity contribution in [3.8, 4) is 0 Å².